The van der Waals surface area contributed by atoms with Gasteiger partial charge in [0.1, 0.15) is 18.0 Å². The number of hydrogen-bond donors (Lipinski definition) is 0. The Morgan fingerprint density at radius 3 is 2.20 bits per heavy atom. The summed E-state index contributed by atoms with van der Waals surface area (Å²) in [6.45, 7) is 3.43. The number of rotatable bonds is 10. The molecule has 0 aliphatic rings. The Labute approximate surface area is 212 Å². The molecule has 0 atom stereocenters. The first-order chi connectivity index (χ1) is 16.8. The molecule has 0 saturated heterocycles. The lowest BCUT2D eigenvalue weighted by molar-refractivity contribution is -0.384. The minimum absolute atomic E-state index is 0.0333. The topological polar surface area (TPSA) is 107 Å². The van der Waals surface area contributed by atoms with Crippen LogP contribution in [0.4, 0.5) is 22.7 Å². The van der Waals surface area contributed by atoms with Crippen LogP contribution < -0.4 is 9.64 Å². The fraction of sp³-hybridized carbons (Fsp3) is 0.208. The SMILES string of the molecule is CCN(CCOC(=O)c1ccc(OC)cc1)c1ccc(N=Nc2c(Cl)cc([N+](=O)[O-])cc2Cl)cc1. The number of hydrogen-bond acceptors (Lipinski definition) is 8. The first kappa shape index (κ1) is 25.9. The molecule has 0 aromatic heterocycles. The quantitative estimate of drug-likeness (QED) is 0.124. The molecule has 35 heavy (non-hydrogen) atoms. The van der Waals surface area contributed by atoms with E-state index < -0.39 is 10.9 Å². The predicted molar refractivity (Wildman–Crippen MR) is 135 cm³/mol. The van der Waals surface area contributed by atoms with Gasteiger partial charge in [-0.15, -0.1) is 5.11 Å². The molecular weight excluding hydrogens is 495 g/mol. The number of nitro benzene ring substituents is 1. The Hall–Kier alpha value is -3.69. The first-order valence-corrected chi connectivity index (χ1v) is 11.3. The van der Waals surface area contributed by atoms with Crippen LogP contribution in [-0.2, 0) is 4.74 Å². The van der Waals surface area contributed by atoms with Crippen molar-refractivity contribution in [2.45, 2.75) is 6.92 Å². The van der Waals surface area contributed by atoms with Gasteiger partial charge in [-0.2, -0.15) is 5.11 Å². The third kappa shape index (κ3) is 6.91. The number of anilines is 1. The van der Waals surface area contributed by atoms with Crippen LogP contribution in [0.25, 0.3) is 0 Å². The van der Waals surface area contributed by atoms with E-state index >= 15 is 0 Å². The van der Waals surface area contributed by atoms with E-state index in [1.54, 1.807) is 43.5 Å². The van der Waals surface area contributed by atoms with E-state index in [-0.39, 0.29) is 28.0 Å². The molecule has 3 aromatic rings. The summed E-state index contributed by atoms with van der Waals surface area (Å²) < 4.78 is 10.5. The van der Waals surface area contributed by atoms with Crippen molar-refractivity contribution in [3.63, 3.8) is 0 Å². The number of nitrogens with zero attached hydrogens (tertiary/aromatic N) is 4. The molecule has 0 radical (unpaired) electrons. The number of likely N-dealkylation sites (N-methyl/N-ethyl adjacent to an activating group) is 1. The molecule has 0 aliphatic carbocycles. The highest BCUT2D eigenvalue weighted by atomic mass is 35.5. The molecule has 9 nitrogen and oxygen atoms in total. The maximum Gasteiger partial charge on any atom is 0.338 e. The largest absolute Gasteiger partial charge is 0.497 e. The summed E-state index contributed by atoms with van der Waals surface area (Å²) in [6, 6.07) is 16.3. The standard InChI is InChI=1S/C24H22Cl2N4O5/c1-3-29(12-13-35-24(31)16-4-10-20(34-2)11-5-16)18-8-6-17(7-9-18)27-28-23-21(25)14-19(30(32)33)15-22(23)26/h4-11,14-15H,3,12-13H2,1-2H3. The van der Waals surface area contributed by atoms with E-state index in [4.69, 9.17) is 32.7 Å². The van der Waals surface area contributed by atoms with Gasteiger partial charge in [0.25, 0.3) is 5.69 Å². The molecule has 182 valence electrons. The maximum absolute atomic E-state index is 12.2. The number of carbonyl (C=O) groups is 1. The summed E-state index contributed by atoms with van der Waals surface area (Å²) in [4.78, 5) is 24.6. The molecule has 0 spiro atoms. The van der Waals surface area contributed by atoms with E-state index in [0.29, 0.717) is 30.1 Å². The molecule has 11 heteroatoms. The second-order valence-electron chi connectivity index (χ2n) is 7.18. The number of esters is 1. The van der Waals surface area contributed by atoms with Crippen molar-refractivity contribution in [1.82, 2.24) is 0 Å². The normalized spacial score (nSPS) is 10.9. The molecule has 0 amide bonds. The van der Waals surface area contributed by atoms with Crippen LogP contribution in [0, 0.1) is 10.1 Å². The maximum atomic E-state index is 12.2. The molecule has 0 fully saturated rings. The number of methoxy groups -OCH3 is 1. The van der Waals surface area contributed by atoms with E-state index in [2.05, 4.69) is 10.2 Å². The number of halogens is 2. The second kappa shape index (κ2) is 12.1. The third-order valence-corrected chi connectivity index (χ3v) is 5.57. The van der Waals surface area contributed by atoms with Gasteiger partial charge in [-0.05, 0) is 55.5 Å². The Bertz CT molecular complexity index is 1190. The molecular formula is C24H22Cl2N4O5. The fourth-order valence-electron chi connectivity index (χ4n) is 3.12. The van der Waals surface area contributed by atoms with Crippen LogP contribution in [-0.4, -0.2) is 37.7 Å². The van der Waals surface area contributed by atoms with Crippen molar-refractivity contribution in [3.05, 3.63) is 86.4 Å². The average molecular weight is 517 g/mol. The summed E-state index contributed by atoms with van der Waals surface area (Å²) in [5.41, 5.74) is 1.84. The number of benzene rings is 3. The Morgan fingerprint density at radius 1 is 1.03 bits per heavy atom. The highest BCUT2D eigenvalue weighted by Gasteiger charge is 2.14. The minimum atomic E-state index is -0.586. The summed E-state index contributed by atoms with van der Waals surface area (Å²) in [5, 5.41) is 19.1. The van der Waals surface area contributed by atoms with E-state index in [1.807, 2.05) is 24.0 Å². The van der Waals surface area contributed by atoms with Crippen molar-refractivity contribution in [2.24, 2.45) is 10.2 Å². The Kier molecular flexibility index (Phi) is 8.99. The number of carbonyl (C=O) groups excluding carboxylic acids is 1. The summed E-state index contributed by atoms with van der Waals surface area (Å²) >= 11 is 12.1. The lowest BCUT2D eigenvalue weighted by Gasteiger charge is -2.23. The van der Waals surface area contributed by atoms with Crippen molar-refractivity contribution < 1.29 is 19.2 Å². The zero-order valence-corrected chi connectivity index (χ0v) is 20.5. The van der Waals surface area contributed by atoms with Crippen molar-refractivity contribution in [1.29, 1.82) is 0 Å². The number of ether oxygens (including phenoxy) is 2. The molecule has 0 unspecified atom stereocenters. The van der Waals surface area contributed by atoms with Gasteiger partial charge in [0.2, 0.25) is 0 Å². The van der Waals surface area contributed by atoms with Gasteiger partial charge in [0.15, 0.2) is 0 Å². The monoisotopic (exact) mass is 516 g/mol. The van der Waals surface area contributed by atoms with Crippen LogP contribution >= 0.6 is 23.2 Å². The van der Waals surface area contributed by atoms with Crippen LogP contribution in [0.3, 0.4) is 0 Å². The second-order valence-corrected chi connectivity index (χ2v) is 7.99. The first-order valence-electron chi connectivity index (χ1n) is 10.5. The smallest absolute Gasteiger partial charge is 0.338 e. The highest BCUT2D eigenvalue weighted by molar-refractivity contribution is 6.39. The molecule has 0 bridgehead atoms. The molecule has 3 rings (SSSR count). The Balaban J connectivity index is 1.59. The number of non-ortho nitro benzene ring substituents is 1. The third-order valence-electron chi connectivity index (χ3n) is 4.99. The van der Waals surface area contributed by atoms with Gasteiger partial charge in [0.05, 0.1) is 39.9 Å². The van der Waals surface area contributed by atoms with Crippen LogP contribution in [0.15, 0.2) is 70.9 Å². The van der Waals surface area contributed by atoms with Gasteiger partial charge < -0.3 is 14.4 Å². The number of nitro groups is 1. The van der Waals surface area contributed by atoms with Crippen LogP contribution in [0.1, 0.15) is 17.3 Å². The van der Waals surface area contributed by atoms with Gasteiger partial charge in [0, 0.05) is 24.4 Å². The van der Waals surface area contributed by atoms with Crippen LogP contribution in [0.5, 0.6) is 5.75 Å². The van der Waals surface area contributed by atoms with Gasteiger partial charge in [-0.25, -0.2) is 4.79 Å². The molecule has 0 aliphatic heterocycles. The molecule has 0 N–H and O–H groups in total. The van der Waals surface area contributed by atoms with E-state index in [1.165, 1.54) is 12.1 Å². The summed E-state index contributed by atoms with van der Waals surface area (Å²) in [6.07, 6.45) is 0. The van der Waals surface area contributed by atoms with Gasteiger partial charge in [-0.1, -0.05) is 23.2 Å². The zero-order chi connectivity index (χ0) is 25.4. The fourth-order valence-corrected chi connectivity index (χ4v) is 3.67. The van der Waals surface area contributed by atoms with Crippen LogP contribution in [0.2, 0.25) is 10.0 Å². The average Bonchev–Trinajstić information content (AvgIpc) is 2.86. The lowest BCUT2D eigenvalue weighted by atomic mass is 10.2. The highest BCUT2D eigenvalue weighted by Crippen LogP contribution is 2.37. The summed E-state index contributed by atoms with van der Waals surface area (Å²) in [5.74, 6) is 0.267. The van der Waals surface area contributed by atoms with Crippen molar-refractivity contribution in [2.75, 3.05) is 31.7 Å². The summed E-state index contributed by atoms with van der Waals surface area (Å²) in [7, 11) is 1.56. The van der Waals surface area contributed by atoms with Gasteiger partial charge >= 0.3 is 5.97 Å². The van der Waals surface area contributed by atoms with Gasteiger partial charge in [-0.3, -0.25) is 10.1 Å². The molecule has 3 aromatic carbocycles. The van der Waals surface area contributed by atoms with Crippen molar-refractivity contribution >= 4 is 51.9 Å². The lowest BCUT2D eigenvalue weighted by Crippen LogP contribution is -2.27. The molecule has 0 saturated carbocycles. The molecule has 0 heterocycles. The van der Waals surface area contributed by atoms with Crippen molar-refractivity contribution in [3.8, 4) is 5.75 Å². The minimum Gasteiger partial charge on any atom is -0.497 e. The van der Waals surface area contributed by atoms with E-state index in [9.17, 15) is 14.9 Å². The van der Waals surface area contributed by atoms with E-state index in [0.717, 1.165) is 5.69 Å². The predicted octanol–water partition coefficient (Wildman–Crippen LogP) is 7.01. The Morgan fingerprint density at radius 2 is 1.66 bits per heavy atom. The zero-order valence-electron chi connectivity index (χ0n) is 19.0. The number of azo groups is 1.